The van der Waals surface area contributed by atoms with Gasteiger partial charge in [0.15, 0.2) is 6.61 Å². The second-order valence-corrected chi connectivity index (χ2v) is 6.77. The van der Waals surface area contributed by atoms with Crippen LogP contribution in [-0.2, 0) is 9.53 Å². The Bertz CT molecular complexity index is 625. The zero-order valence-electron chi connectivity index (χ0n) is 14.4. The van der Waals surface area contributed by atoms with Gasteiger partial charge in [-0.25, -0.2) is 9.59 Å². The van der Waals surface area contributed by atoms with Gasteiger partial charge in [0.1, 0.15) is 11.3 Å². The van der Waals surface area contributed by atoms with Crippen LogP contribution in [0.4, 0.5) is 4.79 Å². The highest BCUT2D eigenvalue weighted by molar-refractivity contribution is 7.98. The lowest BCUT2D eigenvalue weighted by Crippen LogP contribution is -2.49. The number of esters is 1. The molecule has 24 heavy (non-hydrogen) atoms. The van der Waals surface area contributed by atoms with Crippen molar-refractivity contribution in [3.63, 3.8) is 0 Å². The van der Waals surface area contributed by atoms with Gasteiger partial charge in [-0.3, -0.25) is 10.1 Å². The normalized spacial score (nSPS) is 10.7. The number of thioether (sulfide) groups is 1. The van der Waals surface area contributed by atoms with Crippen LogP contribution < -0.4 is 15.4 Å². The molecule has 0 bridgehead atoms. The Morgan fingerprint density at radius 1 is 1.21 bits per heavy atom. The molecule has 0 aromatic heterocycles. The van der Waals surface area contributed by atoms with Crippen LogP contribution in [-0.4, -0.2) is 43.4 Å². The van der Waals surface area contributed by atoms with Crippen LogP contribution in [0.3, 0.4) is 0 Å². The molecule has 0 aliphatic rings. The smallest absolute Gasteiger partial charge is 0.342 e. The highest BCUT2D eigenvalue weighted by Crippen LogP contribution is 2.25. The van der Waals surface area contributed by atoms with Crippen LogP contribution in [0.5, 0.6) is 5.75 Å². The largest absolute Gasteiger partial charge is 0.496 e. The summed E-state index contributed by atoms with van der Waals surface area (Å²) in [6, 6.07) is 4.38. The molecule has 0 aliphatic carbocycles. The van der Waals surface area contributed by atoms with E-state index in [0.717, 1.165) is 4.90 Å². The van der Waals surface area contributed by atoms with Gasteiger partial charge in [0.05, 0.1) is 7.11 Å². The van der Waals surface area contributed by atoms with Crippen molar-refractivity contribution in [3.8, 4) is 5.75 Å². The van der Waals surface area contributed by atoms with Gasteiger partial charge in [0.25, 0.3) is 5.91 Å². The minimum absolute atomic E-state index is 0.210. The zero-order chi connectivity index (χ0) is 18.3. The van der Waals surface area contributed by atoms with E-state index in [9.17, 15) is 14.4 Å². The number of carbonyl (C=O) groups is 3. The number of hydrogen-bond acceptors (Lipinski definition) is 6. The Balaban J connectivity index is 2.60. The number of benzene rings is 1. The summed E-state index contributed by atoms with van der Waals surface area (Å²) in [5, 5.41) is 4.66. The van der Waals surface area contributed by atoms with E-state index in [1.54, 1.807) is 39.0 Å². The zero-order valence-corrected chi connectivity index (χ0v) is 15.2. The summed E-state index contributed by atoms with van der Waals surface area (Å²) in [5.74, 6) is -1.06. The summed E-state index contributed by atoms with van der Waals surface area (Å²) in [6.07, 6.45) is 1.90. The Hall–Kier alpha value is -2.22. The number of imide groups is 1. The van der Waals surface area contributed by atoms with Crippen molar-refractivity contribution in [2.75, 3.05) is 20.0 Å². The van der Waals surface area contributed by atoms with E-state index in [2.05, 4.69) is 10.6 Å². The minimum atomic E-state index is -0.718. The number of hydrogen-bond donors (Lipinski definition) is 2. The van der Waals surface area contributed by atoms with Gasteiger partial charge in [-0.2, -0.15) is 0 Å². The van der Waals surface area contributed by atoms with Crippen molar-refractivity contribution < 1.29 is 23.9 Å². The maximum atomic E-state index is 12.1. The van der Waals surface area contributed by atoms with Crippen LogP contribution in [0, 0.1) is 0 Å². The van der Waals surface area contributed by atoms with E-state index in [1.165, 1.54) is 18.9 Å². The van der Waals surface area contributed by atoms with Gasteiger partial charge < -0.3 is 14.8 Å². The third-order valence-electron chi connectivity index (χ3n) is 2.70. The molecule has 8 heteroatoms. The summed E-state index contributed by atoms with van der Waals surface area (Å²) < 4.78 is 10.1. The third-order valence-corrected chi connectivity index (χ3v) is 3.43. The highest BCUT2D eigenvalue weighted by Gasteiger charge is 2.18. The average Bonchev–Trinajstić information content (AvgIpc) is 2.49. The van der Waals surface area contributed by atoms with Crippen LogP contribution >= 0.6 is 11.8 Å². The number of carbonyl (C=O) groups excluding carboxylic acids is 3. The van der Waals surface area contributed by atoms with E-state index in [-0.39, 0.29) is 5.56 Å². The quantitative estimate of drug-likeness (QED) is 0.622. The van der Waals surface area contributed by atoms with Gasteiger partial charge in [0.2, 0.25) is 0 Å². The molecule has 3 amide bonds. The standard InChI is InChI=1S/C16H22N2O5S/c1-16(2,3)18-15(21)17-13(19)9-23-14(20)11-7-6-10(24-5)8-12(11)22-4/h6-8H,9H2,1-5H3,(H2,17,18,19,21). The summed E-state index contributed by atoms with van der Waals surface area (Å²) in [6.45, 7) is 4.77. The summed E-state index contributed by atoms with van der Waals surface area (Å²) in [5.41, 5.74) is -0.268. The second kappa shape index (κ2) is 8.58. The van der Waals surface area contributed by atoms with Gasteiger partial charge in [0, 0.05) is 10.4 Å². The number of methoxy groups -OCH3 is 1. The van der Waals surface area contributed by atoms with Crippen LogP contribution in [0.2, 0.25) is 0 Å². The first-order chi connectivity index (χ1) is 11.2. The molecule has 0 fully saturated rings. The number of urea groups is 1. The number of nitrogens with one attached hydrogen (secondary N) is 2. The Morgan fingerprint density at radius 2 is 1.88 bits per heavy atom. The molecule has 0 radical (unpaired) electrons. The fraction of sp³-hybridized carbons (Fsp3) is 0.438. The molecule has 0 atom stereocenters. The lowest BCUT2D eigenvalue weighted by molar-refractivity contribution is -0.123. The molecule has 1 aromatic carbocycles. The van der Waals surface area contributed by atoms with Crippen molar-refractivity contribution in [2.45, 2.75) is 31.2 Å². The van der Waals surface area contributed by atoms with E-state index >= 15 is 0 Å². The number of rotatable bonds is 5. The number of amides is 3. The second-order valence-electron chi connectivity index (χ2n) is 5.89. The molecule has 2 N–H and O–H groups in total. The monoisotopic (exact) mass is 354 g/mol. The summed E-state index contributed by atoms with van der Waals surface area (Å²) >= 11 is 1.51. The molecule has 1 aromatic rings. The van der Waals surface area contributed by atoms with Crippen molar-refractivity contribution in [3.05, 3.63) is 23.8 Å². The topological polar surface area (TPSA) is 93.7 Å². The first kappa shape index (κ1) is 19.8. The molecule has 0 aliphatic heterocycles. The van der Waals surface area contributed by atoms with Crippen LogP contribution in [0.25, 0.3) is 0 Å². The minimum Gasteiger partial charge on any atom is -0.496 e. The fourth-order valence-electron chi connectivity index (χ4n) is 1.71. The van der Waals surface area contributed by atoms with Gasteiger partial charge in [-0.1, -0.05) is 0 Å². The molecule has 0 unspecified atom stereocenters. The molecule has 0 saturated heterocycles. The van der Waals surface area contributed by atoms with E-state index in [0.29, 0.717) is 5.75 Å². The molecule has 0 saturated carbocycles. The van der Waals surface area contributed by atoms with Gasteiger partial charge in [-0.05, 0) is 45.2 Å². The molecular weight excluding hydrogens is 332 g/mol. The summed E-state index contributed by atoms with van der Waals surface area (Å²) in [4.78, 5) is 36.2. The molecular formula is C16H22N2O5S. The first-order valence-corrected chi connectivity index (χ1v) is 8.40. The SMILES string of the molecule is COc1cc(SC)ccc1C(=O)OCC(=O)NC(=O)NC(C)(C)C. The third kappa shape index (κ3) is 6.49. The highest BCUT2D eigenvalue weighted by atomic mass is 32.2. The molecule has 0 spiro atoms. The van der Waals surface area contributed by atoms with E-state index in [1.807, 2.05) is 6.26 Å². The Labute approximate surface area is 145 Å². The van der Waals surface area contributed by atoms with Gasteiger partial charge >= 0.3 is 12.0 Å². The van der Waals surface area contributed by atoms with E-state index in [4.69, 9.17) is 9.47 Å². The predicted molar refractivity (Wildman–Crippen MR) is 91.5 cm³/mol. The van der Waals surface area contributed by atoms with Crippen LogP contribution in [0.15, 0.2) is 23.1 Å². The molecule has 1 rings (SSSR count). The molecule has 0 heterocycles. The maximum absolute atomic E-state index is 12.1. The van der Waals surface area contributed by atoms with E-state index < -0.39 is 30.1 Å². The Kier molecular flexibility index (Phi) is 7.09. The van der Waals surface area contributed by atoms with Crippen molar-refractivity contribution >= 4 is 29.7 Å². The predicted octanol–water partition coefficient (Wildman–Crippen LogP) is 2.20. The summed E-state index contributed by atoms with van der Waals surface area (Å²) in [7, 11) is 1.44. The average molecular weight is 354 g/mol. The molecule has 7 nitrogen and oxygen atoms in total. The lowest BCUT2D eigenvalue weighted by Gasteiger charge is -2.20. The molecule has 132 valence electrons. The first-order valence-electron chi connectivity index (χ1n) is 7.17. The fourth-order valence-corrected chi connectivity index (χ4v) is 2.14. The lowest BCUT2D eigenvalue weighted by atomic mass is 10.1. The maximum Gasteiger partial charge on any atom is 0.342 e. The van der Waals surface area contributed by atoms with Crippen molar-refractivity contribution in [2.24, 2.45) is 0 Å². The number of ether oxygens (including phenoxy) is 2. The van der Waals surface area contributed by atoms with Crippen LogP contribution in [0.1, 0.15) is 31.1 Å². The van der Waals surface area contributed by atoms with Crippen molar-refractivity contribution in [1.82, 2.24) is 10.6 Å². The van der Waals surface area contributed by atoms with Crippen molar-refractivity contribution in [1.29, 1.82) is 0 Å². The Morgan fingerprint density at radius 3 is 2.42 bits per heavy atom. The van der Waals surface area contributed by atoms with Gasteiger partial charge in [-0.15, -0.1) is 11.8 Å².